The molecule has 0 saturated carbocycles. The van der Waals surface area contributed by atoms with Crippen LogP contribution in [0.4, 0.5) is 5.69 Å². The summed E-state index contributed by atoms with van der Waals surface area (Å²) in [4.78, 5) is 26.0. The maximum atomic E-state index is 13.2. The Hall–Kier alpha value is -4.08. The van der Waals surface area contributed by atoms with Gasteiger partial charge in [-0.2, -0.15) is 0 Å². The summed E-state index contributed by atoms with van der Waals surface area (Å²) >= 11 is 6.00. The standard InChI is InChI=1S/C29H27ClN2O6S/c1-18-15-25(19(2)32(18)23-10-6-5-7-11-23)28(33)20(3)38-29(34)21-9-8-12-24(16-21)39(35,36)31-26-17-22(30)13-14-27(26)37-4/h5-17,20,31H,1-4H3/t20-/m0/s1. The number of hydrogen-bond acceptors (Lipinski definition) is 6. The van der Waals surface area contributed by atoms with E-state index in [0.29, 0.717) is 10.6 Å². The zero-order valence-electron chi connectivity index (χ0n) is 21.8. The van der Waals surface area contributed by atoms with E-state index in [2.05, 4.69) is 4.72 Å². The number of nitrogens with one attached hydrogen (secondary N) is 1. The van der Waals surface area contributed by atoms with Gasteiger partial charge in [0.1, 0.15) is 5.75 Å². The summed E-state index contributed by atoms with van der Waals surface area (Å²) in [5.74, 6) is -0.917. The number of ether oxygens (including phenoxy) is 2. The third kappa shape index (κ3) is 6.00. The molecule has 0 spiro atoms. The van der Waals surface area contributed by atoms with Crippen LogP contribution in [-0.2, 0) is 14.8 Å². The van der Waals surface area contributed by atoms with Crippen LogP contribution in [0.15, 0.2) is 83.8 Å². The molecule has 10 heteroatoms. The summed E-state index contributed by atoms with van der Waals surface area (Å²) in [7, 11) is -2.70. The van der Waals surface area contributed by atoms with Crippen LogP contribution in [0.5, 0.6) is 5.75 Å². The third-order valence-electron chi connectivity index (χ3n) is 6.15. The van der Waals surface area contributed by atoms with Gasteiger partial charge in [0.2, 0.25) is 5.78 Å². The first-order valence-corrected chi connectivity index (χ1v) is 13.8. The number of aromatic nitrogens is 1. The van der Waals surface area contributed by atoms with Crippen LogP contribution in [0.2, 0.25) is 5.02 Å². The lowest BCUT2D eigenvalue weighted by Crippen LogP contribution is -2.25. The number of carbonyl (C=O) groups is 2. The smallest absolute Gasteiger partial charge is 0.338 e. The van der Waals surface area contributed by atoms with Gasteiger partial charge in [0.15, 0.2) is 6.10 Å². The van der Waals surface area contributed by atoms with Crippen LogP contribution in [0, 0.1) is 13.8 Å². The van der Waals surface area contributed by atoms with E-state index in [1.54, 1.807) is 12.1 Å². The van der Waals surface area contributed by atoms with Crippen molar-refractivity contribution in [3.8, 4) is 11.4 Å². The first-order valence-electron chi connectivity index (χ1n) is 12.0. The molecule has 0 fully saturated rings. The molecule has 0 aliphatic rings. The molecule has 0 radical (unpaired) electrons. The fourth-order valence-electron chi connectivity index (χ4n) is 4.24. The molecule has 1 N–H and O–H groups in total. The Balaban J connectivity index is 1.52. The summed E-state index contributed by atoms with van der Waals surface area (Å²) in [5, 5.41) is 0.314. The minimum atomic E-state index is -4.11. The van der Waals surface area contributed by atoms with Crippen LogP contribution >= 0.6 is 11.6 Å². The Morgan fingerprint density at radius 3 is 2.36 bits per heavy atom. The molecule has 4 rings (SSSR count). The fraction of sp³-hybridized carbons (Fsp3) is 0.172. The molecule has 0 saturated heterocycles. The molecular formula is C29H27ClN2O6S. The Bertz CT molecular complexity index is 1650. The van der Waals surface area contributed by atoms with Crippen molar-refractivity contribution in [1.82, 2.24) is 4.57 Å². The quantitative estimate of drug-likeness (QED) is 0.197. The van der Waals surface area contributed by atoms with Crippen LogP contribution in [0.25, 0.3) is 5.69 Å². The molecule has 3 aromatic carbocycles. The second-order valence-corrected chi connectivity index (χ2v) is 11.0. The van der Waals surface area contributed by atoms with Crippen molar-refractivity contribution >= 4 is 39.1 Å². The van der Waals surface area contributed by atoms with Crippen molar-refractivity contribution < 1.29 is 27.5 Å². The first kappa shape index (κ1) is 27.9. The number of para-hydroxylation sites is 1. The SMILES string of the molecule is COc1ccc(Cl)cc1NS(=O)(=O)c1cccc(C(=O)O[C@@H](C)C(=O)c2cc(C)n(-c3ccccc3)c2C)c1. The monoisotopic (exact) mass is 566 g/mol. The first-order chi connectivity index (χ1) is 18.5. The van der Waals surface area contributed by atoms with Crippen LogP contribution < -0.4 is 9.46 Å². The second-order valence-electron chi connectivity index (χ2n) is 8.85. The highest BCUT2D eigenvalue weighted by Crippen LogP contribution is 2.30. The summed E-state index contributed by atoms with van der Waals surface area (Å²) in [5.41, 5.74) is 3.06. The molecule has 1 atom stereocenters. The number of methoxy groups -OCH3 is 1. The Morgan fingerprint density at radius 1 is 0.949 bits per heavy atom. The zero-order valence-corrected chi connectivity index (χ0v) is 23.3. The molecule has 4 aromatic rings. The van der Waals surface area contributed by atoms with E-state index in [4.69, 9.17) is 21.1 Å². The lowest BCUT2D eigenvalue weighted by atomic mass is 10.1. The normalized spacial score (nSPS) is 12.0. The van der Waals surface area contributed by atoms with E-state index in [9.17, 15) is 18.0 Å². The minimum Gasteiger partial charge on any atom is -0.495 e. The highest BCUT2D eigenvalue weighted by Gasteiger charge is 2.26. The van der Waals surface area contributed by atoms with Gasteiger partial charge < -0.3 is 14.0 Å². The van der Waals surface area contributed by atoms with Crippen LogP contribution in [-0.4, -0.2) is 38.0 Å². The summed E-state index contributed by atoms with van der Waals surface area (Å²) < 4.78 is 41.1. The topological polar surface area (TPSA) is 104 Å². The maximum absolute atomic E-state index is 13.2. The Kier molecular flexibility index (Phi) is 8.13. The van der Waals surface area contributed by atoms with Crippen molar-refractivity contribution in [1.29, 1.82) is 0 Å². The lowest BCUT2D eigenvalue weighted by Gasteiger charge is -2.14. The number of Topliss-reactive ketones (excluding diaryl/α,β-unsaturated/α-hetero) is 1. The summed E-state index contributed by atoms with van der Waals surface area (Å²) in [6, 6.07) is 21.2. The van der Waals surface area contributed by atoms with E-state index >= 15 is 0 Å². The molecule has 39 heavy (non-hydrogen) atoms. The molecule has 0 aliphatic carbocycles. The fourth-order valence-corrected chi connectivity index (χ4v) is 5.52. The zero-order chi connectivity index (χ0) is 28.3. The Morgan fingerprint density at radius 2 is 1.67 bits per heavy atom. The number of nitrogens with zero attached hydrogens (tertiary/aromatic N) is 1. The average molecular weight is 567 g/mol. The van der Waals surface area contributed by atoms with E-state index in [1.807, 2.05) is 48.7 Å². The minimum absolute atomic E-state index is 0.0228. The van der Waals surface area contributed by atoms with Crippen LogP contribution in [0.1, 0.15) is 39.0 Å². The molecule has 0 unspecified atom stereocenters. The van der Waals surface area contributed by atoms with E-state index in [0.717, 1.165) is 17.1 Å². The van der Waals surface area contributed by atoms with Gasteiger partial charge in [-0.3, -0.25) is 9.52 Å². The van der Waals surface area contributed by atoms with Crippen LogP contribution in [0.3, 0.4) is 0 Å². The van der Waals surface area contributed by atoms with Crippen molar-refractivity contribution in [2.75, 3.05) is 11.8 Å². The number of ketones is 1. The third-order valence-corrected chi connectivity index (χ3v) is 7.75. The summed E-state index contributed by atoms with van der Waals surface area (Å²) in [6.07, 6.45) is -1.10. The predicted octanol–water partition coefficient (Wildman–Crippen LogP) is 5.99. The number of benzene rings is 3. The number of aryl methyl sites for hydroxylation is 1. The van der Waals surface area contributed by atoms with E-state index in [1.165, 1.54) is 50.4 Å². The van der Waals surface area contributed by atoms with E-state index in [-0.39, 0.29) is 27.7 Å². The highest BCUT2D eigenvalue weighted by atomic mass is 35.5. The number of anilines is 1. The maximum Gasteiger partial charge on any atom is 0.338 e. The van der Waals surface area contributed by atoms with Gasteiger partial charge in [0.25, 0.3) is 10.0 Å². The molecule has 8 nitrogen and oxygen atoms in total. The highest BCUT2D eigenvalue weighted by molar-refractivity contribution is 7.92. The molecular weight excluding hydrogens is 540 g/mol. The molecule has 0 amide bonds. The number of sulfonamides is 1. The molecule has 1 aromatic heterocycles. The van der Waals surface area contributed by atoms with Gasteiger partial charge in [-0.25, -0.2) is 13.2 Å². The molecule has 202 valence electrons. The number of carbonyl (C=O) groups excluding carboxylic acids is 2. The number of esters is 1. The number of hydrogen-bond donors (Lipinski definition) is 1. The molecule has 1 heterocycles. The van der Waals surface area contributed by atoms with Gasteiger partial charge in [0, 0.05) is 27.7 Å². The van der Waals surface area contributed by atoms with Gasteiger partial charge in [-0.1, -0.05) is 35.9 Å². The number of halogens is 1. The van der Waals surface area contributed by atoms with Crippen molar-refractivity contribution in [2.24, 2.45) is 0 Å². The van der Waals surface area contributed by atoms with Gasteiger partial charge in [0.05, 0.1) is 23.3 Å². The molecule has 0 bridgehead atoms. The summed E-state index contributed by atoms with van der Waals surface area (Å²) in [6.45, 7) is 5.22. The Labute approximate surface area is 232 Å². The average Bonchev–Trinajstić information content (AvgIpc) is 3.22. The number of rotatable bonds is 9. The lowest BCUT2D eigenvalue weighted by molar-refractivity contribution is 0.0318. The van der Waals surface area contributed by atoms with Gasteiger partial charge >= 0.3 is 5.97 Å². The van der Waals surface area contributed by atoms with Crippen molar-refractivity contribution in [3.63, 3.8) is 0 Å². The van der Waals surface area contributed by atoms with Gasteiger partial charge in [-0.15, -0.1) is 0 Å². The second kappa shape index (κ2) is 11.3. The van der Waals surface area contributed by atoms with E-state index < -0.39 is 22.1 Å². The predicted molar refractivity (Wildman–Crippen MR) is 150 cm³/mol. The van der Waals surface area contributed by atoms with Crippen molar-refractivity contribution in [2.45, 2.75) is 31.8 Å². The molecule has 0 aliphatic heterocycles. The van der Waals surface area contributed by atoms with Crippen molar-refractivity contribution in [3.05, 3.63) is 106 Å². The largest absolute Gasteiger partial charge is 0.495 e. The van der Waals surface area contributed by atoms with Gasteiger partial charge in [-0.05, 0) is 75.4 Å².